The summed E-state index contributed by atoms with van der Waals surface area (Å²) in [7, 11) is 0. The lowest BCUT2D eigenvalue weighted by molar-refractivity contribution is -0.354. The van der Waals surface area contributed by atoms with Crippen molar-refractivity contribution in [2.24, 2.45) is 0 Å². The molecule has 4 heteroatoms. The van der Waals surface area contributed by atoms with Gasteiger partial charge < -0.3 is 5.21 Å². The van der Waals surface area contributed by atoms with Crippen molar-refractivity contribution in [1.82, 2.24) is 0 Å². The predicted octanol–water partition coefficient (Wildman–Crippen LogP) is 4.25. The minimum absolute atomic E-state index is 0.420. The van der Waals surface area contributed by atoms with Gasteiger partial charge in [-0.3, -0.25) is 0 Å². The van der Waals surface area contributed by atoms with Crippen molar-refractivity contribution in [1.29, 1.82) is 0 Å². The average Bonchev–Trinajstić information content (AvgIpc) is 2.32. The minimum Gasteiger partial charge on any atom is -0.618 e. The molecule has 0 bridgehead atoms. The van der Waals surface area contributed by atoms with Crippen LogP contribution in [0.2, 0.25) is 10.0 Å². The Morgan fingerprint density at radius 1 is 0.941 bits per heavy atom. The summed E-state index contributed by atoms with van der Waals surface area (Å²) in [4.78, 5) is 0. The van der Waals surface area contributed by atoms with E-state index in [-0.39, 0.29) is 0 Å². The lowest BCUT2D eigenvalue weighted by Crippen LogP contribution is -1.99. The molecule has 0 heterocycles. The Labute approximate surface area is 109 Å². The van der Waals surface area contributed by atoms with E-state index in [0.717, 1.165) is 10.3 Å². The predicted molar refractivity (Wildman–Crippen MR) is 71.4 cm³/mol. The quantitative estimate of drug-likeness (QED) is 0.345. The Hall–Kier alpha value is -1.51. The van der Waals surface area contributed by atoms with Gasteiger partial charge in [0.1, 0.15) is 5.02 Å². The van der Waals surface area contributed by atoms with E-state index in [1.807, 2.05) is 0 Å². The van der Waals surface area contributed by atoms with Crippen molar-refractivity contribution >= 4 is 35.1 Å². The third-order valence-corrected chi connectivity index (χ3v) is 2.80. The van der Waals surface area contributed by atoms with Gasteiger partial charge in [-0.25, -0.2) is 0 Å². The smallest absolute Gasteiger partial charge is 0.235 e. The van der Waals surface area contributed by atoms with Crippen LogP contribution < -0.4 is 0 Å². The lowest BCUT2D eigenvalue weighted by Gasteiger charge is -2.04. The molecule has 0 radical (unpaired) electrons. The minimum atomic E-state index is 0.420. The number of rotatable bonds is 2. The van der Waals surface area contributed by atoms with E-state index < -0.39 is 0 Å². The van der Waals surface area contributed by atoms with Crippen molar-refractivity contribution in [2.45, 2.75) is 0 Å². The van der Waals surface area contributed by atoms with Gasteiger partial charge in [-0.15, -0.1) is 0 Å². The number of para-hydroxylation sites is 1. The van der Waals surface area contributed by atoms with E-state index in [1.54, 1.807) is 48.5 Å². The highest BCUT2D eigenvalue weighted by Gasteiger charge is 2.06. The molecule has 0 aliphatic carbocycles. The maximum atomic E-state index is 11.9. The van der Waals surface area contributed by atoms with E-state index in [4.69, 9.17) is 23.2 Å². The van der Waals surface area contributed by atoms with Gasteiger partial charge in [0.05, 0.1) is 0 Å². The molecule has 0 aliphatic heterocycles. The SMILES string of the molecule is [O-]/[N+](=C/c1ccc(Cl)cc1)c1ccccc1Cl. The molecule has 2 aromatic carbocycles. The molecular weight excluding hydrogens is 257 g/mol. The first-order chi connectivity index (χ1) is 8.16. The summed E-state index contributed by atoms with van der Waals surface area (Å²) < 4.78 is 0.742. The molecule has 0 saturated heterocycles. The average molecular weight is 266 g/mol. The monoisotopic (exact) mass is 265 g/mol. The van der Waals surface area contributed by atoms with Gasteiger partial charge in [-0.2, -0.15) is 4.74 Å². The van der Waals surface area contributed by atoms with Gasteiger partial charge in [0.25, 0.3) is 0 Å². The first kappa shape index (κ1) is 12.0. The molecule has 2 aromatic rings. The number of hydrogen-bond acceptors (Lipinski definition) is 1. The Kier molecular flexibility index (Phi) is 3.67. The summed E-state index contributed by atoms with van der Waals surface area (Å²) in [6, 6.07) is 13.9. The Morgan fingerprint density at radius 3 is 2.24 bits per heavy atom. The number of benzene rings is 2. The fourth-order valence-electron chi connectivity index (χ4n) is 1.38. The van der Waals surface area contributed by atoms with Gasteiger partial charge in [0.15, 0.2) is 6.21 Å². The highest BCUT2D eigenvalue weighted by Crippen LogP contribution is 2.22. The van der Waals surface area contributed by atoms with E-state index in [1.165, 1.54) is 6.21 Å². The zero-order valence-electron chi connectivity index (χ0n) is 8.81. The molecule has 0 aliphatic rings. The molecule has 0 spiro atoms. The molecule has 0 aromatic heterocycles. The lowest BCUT2D eigenvalue weighted by atomic mass is 10.2. The molecule has 0 amide bonds. The second-order valence-electron chi connectivity index (χ2n) is 3.46. The number of hydrogen-bond donors (Lipinski definition) is 0. The van der Waals surface area contributed by atoms with Crippen LogP contribution in [-0.2, 0) is 0 Å². The van der Waals surface area contributed by atoms with Crippen LogP contribution >= 0.6 is 23.2 Å². The van der Waals surface area contributed by atoms with Crippen molar-refractivity contribution in [3.05, 3.63) is 69.3 Å². The summed E-state index contributed by atoms with van der Waals surface area (Å²) in [5, 5.41) is 12.9. The third-order valence-electron chi connectivity index (χ3n) is 2.23. The van der Waals surface area contributed by atoms with Gasteiger partial charge in [-0.1, -0.05) is 35.3 Å². The summed E-state index contributed by atoms with van der Waals surface area (Å²) >= 11 is 11.7. The molecule has 0 saturated carbocycles. The van der Waals surface area contributed by atoms with Crippen LogP contribution in [0.3, 0.4) is 0 Å². The summed E-state index contributed by atoms with van der Waals surface area (Å²) in [5.74, 6) is 0. The van der Waals surface area contributed by atoms with Crippen molar-refractivity contribution < 1.29 is 4.74 Å². The maximum absolute atomic E-state index is 11.9. The Morgan fingerprint density at radius 2 is 1.59 bits per heavy atom. The third kappa shape index (κ3) is 2.99. The molecule has 0 unspecified atom stereocenters. The van der Waals surface area contributed by atoms with E-state index in [9.17, 15) is 5.21 Å². The van der Waals surface area contributed by atoms with Crippen LogP contribution in [0.4, 0.5) is 5.69 Å². The molecule has 2 nitrogen and oxygen atoms in total. The fraction of sp³-hybridized carbons (Fsp3) is 0. The highest BCUT2D eigenvalue weighted by atomic mass is 35.5. The van der Waals surface area contributed by atoms with Gasteiger partial charge in [0, 0.05) is 16.7 Å². The van der Waals surface area contributed by atoms with Crippen LogP contribution in [0.15, 0.2) is 48.5 Å². The van der Waals surface area contributed by atoms with Crippen molar-refractivity contribution in [3.63, 3.8) is 0 Å². The first-order valence-corrected chi connectivity index (χ1v) is 5.74. The molecular formula is C13H9Cl2NO. The van der Waals surface area contributed by atoms with E-state index in [2.05, 4.69) is 0 Å². The molecule has 0 N–H and O–H groups in total. The van der Waals surface area contributed by atoms with Crippen molar-refractivity contribution in [3.8, 4) is 0 Å². The van der Waals surface area contributed by atoms with E-state index in [0.29, 0.717) is 15.7 Å². The van der Waals surface area contributed by atoms with Crippen LogP contribution in [0.1, 0.15) is 5.56 Å². The Bertz CT molecular complexity index is 550. The molecule has 17 heavy (non-hydrogen) atoms. The maximum Gasteiger partial charge on any atom is 0.235 e. The van der Waals surface area contributed by atoms with E-state index >= 15 is 0 Å². The fourth-order valence-corrected chi connectivity index (χ4v) is 1.73. The second kappa shape index (κ2) is 5.21. The summed E-state index contributed by atoms with van der Waals surface area (Å²) in [6.45, 7) is 0. The van der Waals surface area contributed by atoms with Crippen LogP contribution in [-0.4, -0.2) is 11.0 Å². The van der Waals surface area contributed by atoms with Crippen LogP contribution in [0, 0.1) is 5.21 Å². The summed E-state index contributed by atoms with van der Waals surface area (Å²) in [5.41, 5.74) is 1.19. The normalized spacial score (nSPS) is 11.5. The number of nitrogens with zero attached hydrogens (tertiary/aromatic N) is 1. The first-order valence-electron chi connectivity index (χ1n) is 4.98. The zero-order valence-corrected chi connectivity index (χ0v) is 10.3. The van der Waals surface area contributed by atoms with Crippen molar-refractivity contribution in [2.75, 3.05) is 0 Å². The molecule has 2 rings (SSSR count). The van der Waals surface area contributed by atoms with Crippen LogP contribution in [0.25, 0.3) is 0 Å². The largest absolute Gasteiger partial charge is 0.618 e. The zero-order chi connectivity index (χ0) is 12.3. The second-order valence-corrected chi connectivity index (χ2v) is 4.30. The molecule has 0 fully saturated rings. The van der Waals surface area contributed by atoms with Gasteiger partial charge >= 0.3 is 0 Å². The topological polar surface area (TPSA) is 26.1 Å². The van der Waals surface area contributed by atoms with Crippen LogP contribution in [0.5, 0.6) is 0 Å². The Balaban J connectivity index is 2.34. The van der Waals surface area contributed by atoms with Gasteiger partial charge in [-0.05, 0) is 30.3 Å². The number of halogens is 2. The van der Waals surface area contributed by atoms with Gasteiger partial charge in [0.2, 0.25) is 5.69 Å². The summed E-state index contributed by atoms with van der Waals surface area (Å²) in [6.07, 6.45) is 1.46. The molecule has 0 atom stereocenters. The highest BCUT2D eigenvalue weighted by molar-refractivity contribution is 6.32. The molecule has 86 valence electrons. The standard InChI is InChI=1S/C13H9Cl2NO/c14-11-7-5-10(6-8-11)9-16(17)13-4-2-1-3-12(13)15/h1-9H/b16-9+.